The van der Waals surface area contributed by atoms with Crippen molar-refractivity contribution in [1.82, 2.24) is 14.9 Å². The zero-order valence-corrected chi connectivity index (χ0v) is 18.1. The Morgan fingerprint density at radius 1 is 1.19 bits per heavy atom. The van der Waals surface area contributed by atoms with Crippen LogP contribution in [-0.4, -0.2) is 39.9 Å². The first-order chi connectivity index (χ1) is 15.5. The van der Waals surface area contributed by atoms with E-state index in [9.17, 15) is 9.18 Å². The first-order valence-electron chi connectivity index (χ1n) is 10.4. The number of likely N-dealkylation sites (tertiary alicyclic amines) is 1. The highest BCUT2D eigenvalue weighted by Gasteiger charge is 2.21. The Balaban J connectivity index is 1.44. The molecule has 1 aromatic heterocycles. The Morgan fingerprint density at radius 2 is 1.97 bits per heavy atom. The van der Waals surface area contributed by atoms with Crippen molar-refractivity contribution < 1.29 is 9.18 Å². The van der Waals surface area contributed by atoms with E-state index >= 15 is 0 Å². The third-order valence-electron chi connectivity index (χ3n) is 5.29. The van der Waals surface area contributed by atoms with E-state index in [0.717, 1.165) is 18.4 Å². The van der Waals surface area contributed by atoms with Gasteiger partial charge in [0.15, 0.2) is 5.82 Å². The molecule has 4 N–H and O–H groups in total. The number of nitrogens with zero attached hydrogens (tertiary/aromatic N) is 3. The molecule has 32 heavy (non-hydrogen) atoms. The minimum Gasteiger partial charge on any atom is -0.365 e. The molecule has 2 aromatic carbocycles. The van der Waals surface area contributed by atoms with Crippen LogP contribution in [0.1, 0.15) is 28.8 Å². The van der Waals surface area contributed by atoms with Crippen LogP contribution >= 0.6 is 11.6 Å². The van der Waals surface area contributed by atoms with Gasteiger partial charge in [-0.2, -0.15) is 4.98 Å². The number of hydrogen-bond donors (Lipinski definition) is 3. The van der Waals surface area contributed by atoms with Crippen molar-refractivity contribution in [2.45, 2.75) is 25.4 Å². The second-order valence-corrected chi connectivity index (χ2v) is 8.12. The van der Waals surface area contributed by atoms with Crippen LogP contribution in [0.3, 0.4) is 0 Å². The van der Waals surface area contributed by atoms with Crippen LogP contribution in [0.25, 0.3) is 0 Å². The van der Waals surface area contributed by atoms with Crippen molar-refractivity contribution in [3.63, 3.8) is 0 Å². The Bertz CT molecular complexity index is 1100. The molecule has 0 spiro atoms. The zero-order valence-electron chi connectivity index (χ0n) is 17.4. The maximum absolute atomic E-state index is 13.4. The molecule has 7 nitrogen and oxygen atoms in total. The summed E-state index contributed by atoms with van der Waals surface area (Å²) in [5.74, 6) is 0.423. The number of aromatic nitrogens is 2. The average Bonchev–Trinajstić information content (AvgIpc) is 2.80. The summed E-state index contributed by atoms with van der Waals surface area (Å²) in [6, 6.07) is 13.7. The van der Waals surface area contributed by atoms with Crippen LogP contribution in [0.15, 0.2) is 54.7 Å². The van der Waals surface area contributed by atoms with E-state index in [2.05, 4.69) is 20.6 Å². The number of halogens is 2. The van der Waals surface area contributed by atoms with Gasteiger partial charge in [0.05, 0.1) is 6.20 Å². The molecule has 9 heteroatoms. The van der Waals surface area contributed by atoms with Crippen LogP contribution in [0.5, 0.6) is 0 Å². The fraction of sp³-hybridized carbons (Fsp3) is 0.261. The van der Waals surface area contributed by atoms with Crippen molar-refractivity contribution >= 4 is 35.0 Å². The maximum atomic E-state index is 13.4. The van der Waals surface area contributed by atoms with E-state index in [4.69, 9.17) is 17.3 Å². The van der Waals surface area contributed by atoms with E-state index < -0.39 is 0 Å². The summed E-state index contributed by atoms with van der Waals surface area (Å²) in [7, 11) is 0. The predicted octanol–water partition coefficient (Wildman–Crippen LogP) is 4.19. The van der Waals surface area contributed by atoms with Gasteiger partial charge in [0.2, 0.25) is 5.95 Å². The number of benzene rings is 2. The molecular formula is C23H24ClFN6O. The van der Waals surface area contributed by atoms with Gasteiger partial charge in [0, 0.05) is 36.9 Å². The van der Waals surface area contributed by atoms with Crippen LogP contribution in [0, 0.1) is 5.82 Å². The number of amides is 1. The first kappa shape index (κ1) is 22.0. The van der Waals surface area contributed by atoms with E-state index in [-0.39, 0.29) is 17.8 Å². The lowest BCUT2D eigenvalue weighted by molar-refractivity contribution is 0.0715. The number of carbonyl (C=O) groups is 1. The quantitative estimate of drug-likeness (QED) is 0.517. The zero-order chi connectivity index (χ0) is 22.5. The van der Waals surface area contributed by atoms with Crippen molar-refractivity contribution in [3.8, 4) is 0 Å². The normalized spacial score (nSPS) is 14.3. The van der Waals surface area contributed by atoms with E-state index in [1.54, 1.807) is 18.2 Å². The number of rotatable bonds is 6. The van der Waals surface area contributed by atoms with Crippen LogP contribution < -0.4 is 16.4 Å². The molecule has 166 valence electrons. The molecule has 1 saturated heterocycles. The molecule has 3 aromatic rings. The van der Waals surface area contributed by atoms with Gasteiger partial charge >= 0.3 is 0 Å². The molecule has 1 amide bonds. The molecule has 0 bridgehead atoms. The summed E-state index contributed by atoms with van der Waals surface area (Å²) in [6.45, 7) is 1.69. The predicted molar refractivity (Wildman–Crippen MR) is 124 cm³/mol. The number of anilines is 3. The maximum Gasteiger partial charge on any atom is 0.253 e. The monoisotopic (exact) mass is 454 g/mol. The third kappa shape index (κ3) is 5.52. The van der Waals surface area contributed by atoms with Crippen molar-refractivity contribution in [1.29, 1.82) is 0 Å². The molecule has 0 radical (unpaired) electrons. The molecular weight excluding hydrogens is 431 g/mol. The van der Waals surface area contributed by atoms with Gasteiger partial charge in [-0.05, 0) is 48.7 Å². The number of hydrogen-bond acceptors (Lipinski definition) is 6. The summed E-state index contributed by atoms with van der Waals surface area (Å²) in [5, 5.41) is 6.56. The highest BCUT2D eigenvalue weighted by atomic mass is 35.5. The number of nitrogens with one attached hydrogen (secondary N) is 2. The summed E-state index contributed by atoms with van der Waals surface area (Å²) >= 11 is 6.21. The van der Waals surface area contributed by atoms with Gasteiger partial charge in [0.1, 0.15) is 10.8 Å². The van der Waals surface area contributed by atoms with Gasteiger partial charge in [-0.3, -0.25) is 4.79 Å². The van der Waals surface area contributed by atoms with Crippen LogP contribution in [-0.2, 0) is 6.54 Å². The van der Waals surface area contributed by atoms with E-state index in [1.807, 2.05) is 23.1 Å². The largest absolute Gasteiger partial charge is 0.365 e. The van der Waals surface area contributed by atoms with Crippen molar-refractivity contribution in [2.75, 3.05) is 23.7 Å². The molecule has 1 aliphatic heterocycles. The molecule has 0 atom stereocenters. The molecule has 4 rings (SSSR count). The molecule has 1 aliphatic rings. The highest BCUT2D eigenvalue weighted by molar-refractivity contribution is 6.32. The Labute approximate surface area is 190 Å². The SMILES string of the molecule is NC1CCN(C(=O)c2cccc(Nc3ncc(Cl)c(NCc4cccc(F)c4)n3)c2)CC1. The van der Waals surface area contributed by atoms with E-state index in [0.29, 0.717) is 47.7 Å². The fourth-order valence-corrected chi connectivity index (χ4v) is 3.69. The highest BCUT2D eigenvalue weighted by Crippen LogP contribution is 2.23. The summed E-state index contributed by atoms with van der Waals surface area (Å²) in [5.41, 5.74) is 7.97. The van der Waals surface area contributed by atoms with E-state index in [1.165, 1.54) is 18.3 Å². The average molecular weight is 455 g/mol. The van der Waals surface area contributed by atoms with Gasteiger partial charge in [-0.1, -0.05) is 29.8 Å². The molecule has 1 fully saturated rings. The van der Waals surface area contributed by atoms with Crippen molar-refractivity contribution in [3.05, 3.63) is 76.7 Å². The van der Waals surface area contributed by atoms with Gasteiger partial charge < -0.3 is 21.3 Å². The smallest absolute Gasteiger partial charge is 0.253 e. The number of nitrogens with two attached hydrogens (primary N) is 1. The standard InChI is InChI=1S/C23H24ClFN6O/c24-20-14-28-23(30-21(20)27-13-15-3-1-5-17(25)11-15)29-19-6-2-4-16(12-19)22(32)31-9-7-18(26)8-10-31/h1-6,11-12,14,18H,7-10,13,26H2,(H2,27,28,29,30). The van der Waals surface area contributed by atoms with Crippen LogP contribution in [0.2, 0.25) is 5.02 Å². The molecule has 2 heterocycles. The van der Waals surface area contributed by atoms with Gasteiger partial charge in [-0.15, -0.1) is 0 Å². The molecule has 0 saturated carbocycles. The molecule has 0 aliphatic carbocycles. The molecule has 0 unspecified atom stereocenters. The van der Waals surface area contributed by atoms with Gasteiger partial charge in [0.25, 0.3) is 5.91 Å². The lowest BCUT2D eigenvalue weighted by atomic mass is 10.0. The topological polar surface area (TPSA) is 96.2 Å². The van der Waals surface area contributed by atoms with Crippen LogP contribution in [0.4, 0.5) is 21.8 Å². The Morgan fingerprint density at radius 3 is 2.75 bits per heavy atom. The Hall–Kier alpha value is -3.23. The summed E-state index contributed by atoms with van der Waals surface area (Å²) in [4.78, 5) is 23.3. The van der Waals surface area contributed by atoms with Crippen molar-refractivity contribution in [2.24, 2.45) is 5.73 Å². The number of piperidine rings is 1. The fourth-order valence-electron chi connectivity index (χ4n) is 3.53. The second-order valence-electron chi connectivity index (χ2n) is 7.71. The lowest BCUT2D eigenvalue weighted by Crippen LogP contribution is -2.42. The summed E-state index contributed by atoms with van der Waals surface area (Å²) in [6.07, 6.45) is 3.11. The Kier molecular flexibility index (Phi) is 6.82. The first-order valence-corrected chi connectivity index (χ1v) is 10.8. The third-order valence-corrected chi connectivity index (χ3v) is 5.56. The lowest BCUT2D eigenvalue weighted by Gasteiger charge is -2.30. The minimum absolute atomic E-state index is 0.0185. The minimum atomic E-state index is -0.303. The second kappa shape index (κ2) is 9.93. The summed E-state index contributed by atoms with van der Waals surface area (Å²) < 4.78 is 13.4. The number of carbonyl (C=O) groups excluding carboxylic acids is 1. The van der Waals surface area contributed by atoms with Gasteiger partial charge in [-0.25, -0.2) is 9.37 Å².